The molecule has 1 saturated carbocycles. The molecular formula is C15H16ClN5. The molecule has 0 saturated heterocycles. The third kappa shape index (κ3) is 2.42. The lowest BCUT2D eigenvalue weighted by atomic mass is 9.93. The molecule has 1 fully saturated rings. The topological polar surface area (TPSA) is 55.6 Å². The maximum absolute atomic E-state index is 6.28. The molecule has 0 amide bonds. The third-order valence-corrected chi connectivity index (χ3v) is 4.86. The van der Waals surface area contributed by atoms with Crippen molar-refractivity contribution in [3.05, 3.63) is 41.7 Å². The van der Waals surface area contributed by atoms with Crippen molar-refractivity contribution < 1.29 is 0 Å². The van der Waals surface area contributed by atoms with Crippen LogP contribution in [-0.2, 0) is 0 Å². The summed E-state index contributed by atoms with van der Waals surface area (Å²) in [6, 6.07) is 5.77. The number of allylic oxidation sites excluding steroid dienone is 2. The summed E-state index contributed by atoms with van der Waals surface area (Å²) in [6.45, 7) is 0.963. The Morgan fingerprint density at radius 2 is 2.24 bits per heavy atom. The normalized spacial score (nSPS) is 26.4. The van der Waals surface area contributed by atoms with Gasteiger partial charge in [-0.15, -0.1) is 5.10 Å². The highest BCUT2D eigenvalue weighted by Crippen LogP contribution is 2.43. The number of anilines is 1. The average Bonchev–Trinajstić information content (AvgIpc) is 3.23. The Hall–Kier alpha value is -1.88. The van der Waals surface area contributed by atoms with E-state index in [1.165, 1.54) is 12.8 Å². The number of aromatic nitrogens is 4. The van der Waals surface area contributed by atoms with Gasteiger partial charge in [-0.1, -0.05) is 23.8 Å². The van der Waals surface area contributed by atoms with Crippen LogP contribution in [0, 0.1) is 17.8 Å². The van der Waals surface area contributed by atoms with E-state index >= 15 is 0 Å². The van der Waals surface area contributed by atoms with Gasteiger partial charge in [0.15, 0.2) is 0 Å². The van der Waals surface area contributed by atoms with Gasteiger partial charge in [0.2, 0.25) is 0 Å². The van der Waals surface area contributed by atoms with Crippen molar-refractivity contribution in [2.75, 3.05) is 11.9 Å². The summed E-state index contributed by atoms with van der Waals surface area (Å²) in [5, 5.41) is 15.4. The molecule has 2 aliphatic rings. The van der Waals surface area contributed by atoms with Crippen LogP contribution in [-0.4, -0.2) is 26.8 Å². The summed E-state index contributed by atoms with van der Waals surface area (Å²) in [7, 11) is 0. The summed E-state index contributed by atoms with van der Waals surface area (Å²) in [5.74, 6) is 2.25. The maximum atomic E-state index is 6.28. The van der Waals surface area contributed by atoms with Crippen molar-refractivity contribution in [3.63, 3.8) is 0 Å². The molecule has 4 rings (SSSR count). The zero-order chi connectivity index (χ0) is 14.2. The number of hydrogen-bond donors (Lipinski definition) is 1. The lowest BCUT2D eigenvalue weighted by Gasteiger charge is -2.20. The number of nitrogens with zero attached hydrogens (tertiary/aromatic N) is 4. The number of fused-ring (bicyclic) bond motifs is 2. The van der Waals surface area contributed by atoms with E-state index in [1.54, 1.807) is 11.0 Å². The Morgan fingerprint density at radius 3 is 2.95 bits per heavy atom. The van der Waals surface area contributed by atoms with Crippen LogP contribution < -0.4 is 5.32 Å². The Labute approximate surface area is 128 Å². The Kier molecular flexibility index (Phi) is 3.15. The predicted molar refractivity (Wildman–Crippen MR) is 81.5 cm³/mol. The van der Waals surface area contributed by atoms with E-state index in [-0.39, 0.29) is 0 Å². The fraction of sp³-hybridized carbons (Fsp3) is 0.400. The smallest absolute Gasteiger partial charge is 0.143 e. The van der Waals surface area contributed by atoms with Crippen molar-refractivity contribution in [2.45, 2.75) is 12.8 Å². The summed E-state index contributed by atoms with van der Waals surface area (Å²) in [4.78, 5) is 0. The zero-order valence-corrected chi connectivity index (χ0v) is 12.2. The second kappa shape index (κ2) is 5.15. The summed E-state index contributed by atoms with van der Waals surface area (Å²) in [6.07, 6.45) is 8.93. The molecule has 2 aliphatic carbocycles. The summed E-state index contributed by atoms with van der Waals surface area (Å²) < 4.78 is 1.63. The molecule has 1 N–H and O–H groups in total. The van der Waals surface area contributed by atoms with Crippen LogP contribution >= 0.6 is 11.6 Å². The van der Waals surface area contributed by atoms with E-state index < -0.39 is 0 Å². The highest BCUT2D eigenvalue weighted by Gasteiger charge is 2.35. The van der Waals surface area contributed by atoms with E-state index in [1.807, 2.05) is 18.2 Å². The Morgan fingerprint density at radius 1 is 1.29 bits per heavy atom. The molecular weight excluding hydrogens is 286 g/mol. The molecule has 0 radical (unpaired) electrons. The first-order valence-electron chi connectivity index (χ1n) is 7.25. The lowest BCUT2D eigenvalue weighted by molar-refractivity contribution is 0.472. The molecule has 6 heteroatoms. The van der Waals surface area contributed by atoms with Crippen LogP contribution in [0.15, 0.2) is 36.7 Å². The largest absolute Gasteiger partial charge is 0.383 e. The Bertz CT molecular complexity index is 667. The third-order valence-electron chi connectivity index (χ3n) is 4.53. The molecule has 21 heavy (non-hydrogen) atoms. The first-order chi connectivity index (χ1) is 10.3. The SMILES string of the molecule is Clc1ccc(-n2cnnn2)cc1NCC1CC2C=CC1C2. The van der Waals surface area contributed by atoms with Crippen LogP contribution in [0.4, 0.5) is 5.69 Å². The van der Waals surface area contributed by atoms with E-state index in [9.17, 15) is 0 Å². The minimum atomic E-state index is 0.716. The van der Waals surface area contributed by atoms with Crippen molar-refractivity contribution in [1.82, 2.24) is 20.2 Å². The molecule has 1 aromatic heterocycles. The van der Waals surface area contributed by atoms with Crippen molar-refractivity contribution in [1.29, 1.82) is 0 Å². The number of benzene rings is 1. The van der Waals surface area contributed by atoms with Gasteiger partial charge in [0, 0.05) is 6.54 Å². The molecule has 0 spiro atoms. The van der Waals surface area contributed by atoms with Crippen molar-refractivity contribution >= 4 is 17.3 Å². The molecule has 2 aromatic rings. The first kappa shape index (κ1) is 12.8. The number of hydrogen-bond acceptors (Lipinski definition) is 4. The molecule has 3 unspecified atom stereocenters. The van der Waals surface area contributed by atoms with Gasteiger partial charge in [0.05, 0.1) is 16.4 Å². The summed E-state index contributed by atoms with van der Waals surface area (Å²) in [5.41, 5.74) is 1.84. The number of tetrazole rings is 1. The standard InChI is InChI=1S/C15H16ClN5/c16-14-4-3-13(21-9-18-19-20-21)7-15(14)17-8-12-6-10-1-2-11(12)5-10/h1-4,7,9-12,17H,5-6,8H2. The van der Waals surface area contributed by atoms with Gasteiger partial charge in [-0.05, 0) is 59.2 Å². The molecule has 5 nitrogen and oxygen atoms in total. The van der Waals surface area contributed by atoms with Gasteiger partial charge in [0.1, 0.15) is 6.33 Å². The monoisotopic (exact) mass is 301 g/mol. The second-order valence-electron chi connectivity index (χ2n) is 5.84. The van der Waals surface area contributed by atoms with Gasteiger partial charge in [-0.3, -0.25) is 0 Å². The van der Waals surface area contributed by atoms with Crippen molar-refractivity contribution in [3.8, 4) is 5.69 Å². The predicted octanol–water partition coefficient (Wildman–Crippen LogP) is 2.94. The maximum Gasteiger partial charge on any atom is 0.143 e. The molecule has 1 heterocycles. The highest BCUT2D eigenvalue weighted by molar-refractivity contribution is 6.33. The van der Waals surface area contributed by atoms with Crippen LogP contribution in [0.3, 0.4) is 0 Å². The molecule has 108 valence electrons. The quantitative estimate of drug-likeness (QED) is 0.882. The van der Waals surface area contributed by atoms with E-state index in [0.717, 1.165) is 34.8 Å². The van der Waals surface area contributed by atoms with Gasteiger partial charge >= 0.3 is 0 Å². The summed E-state index contributed by atoms with van der Waals surface area (Å²) >= 11 is 6.28. The van der Waals surface area contributed by atoms with Crippen LogP contribution in [0.1, 0.15) is 12.8 Å². The fourth-order valence-corrected chi connectivity index (χ4v) is 3.63. The van der Waals surface area contributed by atoms with E-state index in [4.69, 9.17) is 11.6 Å². The molecule has 3 atom stereocenters. The van der Waals surface area contributed by atoms with Gasteiger partial charge in [0.25, 0.3) is 0 Å². The number of rotatable bonds is 4. The molecule has 0 aliphatic heterocycles. The van der Waals surface area contributed by atoms with Crippen molar-refractivity contribution in [2.24, 2.45) is 17.8 Å². The Balaban J connectivity index is 1.49. The van der Waals surface area contributed by atoms with Gasteiger partial charge in [-0.25, -0.2) is 4.68 Å². The zero-order valence-electron chi connectivity index (χ0n) is 11.5. The second-order valence-corrected chi connectivity index (χ2v) is 6.25. The van der Waals surface area contributed by atoms with Gasteiger partial charge in [-0.2, -0.15) is 0 Å². The average molecular weight is 302 g/mol. The van der Waals surface area contributed by atoms with Crippen LogP contribution in [0.5, 0.6) is 0 Å². The van der Waals surface area contributed by atoms with E-state index in [2.05, 4.69) is 33.0 Å². The highest BCUT2D eigenvalue weighted by atomic mass is 35.5. The minimum absolute atomic E-state index is 0.716. The lowest BCUT2D eigenvalue weighted by Crippen LogP contribution is -2.18. The van der Waals surface area contributed by atoms with Crippen LogP contribution in [0.25, 0.3) is 5.69 Å². The van der Waals surface area contributed by atoms with Crippen LogP contribution in [0.2, 0.25) is 5.02 Å². The number of nitrogens with one attached hydrogen (secondary N) is 1. The first-order valence-corrected chi connectivity index (χ1v) is 7.62. The number of halogens is 1. The minimum Gasteiger partial charge on any atom is -0.383 e. The fourth-order valence-electron chi connectivity index (χ4n) is 3.44. The van der Waals surface area contributed by atoms with Gasteiger partial charge < -0.3 is 5.32 Å². The molecule has 1 aromatic carbocycles. The molecule has 2 bridgehead atoms. The van der Waals surface area contributed by atoms with E-state index in [0.29, 0.717) is 5.92 Å².